The Morgan fingerprint density at radius 1 is 0.682 bits per heavy atom. The summed E-state index contributed by atoms with van der Waals surface area (Å²) >= 11 is 0. The maximum Gasteiger partial charge on any atom is 0.0568 e. The number of hydrogen-bond donors (Lipinski definition) is 0. The van der Waals surface area contributed by atoms with Crippen LogP contribution in [0.4, 0.5) is 0 Å². The van der Waals surface area contributed by atoms with Crippen molar-refractivity contribution < 1.29 is 4.74 Å². The van der Waals surface area contributed by atoms with Crippen LogP contribution in [0.15, 0.2) is 0 Å². The zero-order valence-corrected chi connectivity index (χ0v) is 18.4. The molecular weight excluding hydrogens is 268 g/mol. The van der Waals surface area contributed by atoms with Crippen LogP contribution < -0.4 is 0 Å². The molecule has 22 heavy (non-hydrogen) atoms. The Balaban J connectivity index is -0.000000121. The van der Waals surface area contributed by atoms with Crippen molar-refractivity contribution >= 4 is 0 Å². The minimum absolute atomic E-state index is 0.488. The molecular formula is C21H50O. The van der Waals surface area contributed by atoms with Gasteiger partial charge >= 0.3 is 0 Å². The molecule has 0 rings (SSSR count). The van der Waals surface area contributed by atoms with Gasteiger partial charge < -0.3 is 4.74 Å². The summed E-state index contributed by atoms with van der Waals surface area (Å²) in [5.41, 5.74) is 0. The lowest BCUT2D eigenvalue weighted by molar-refractivity contribution is 0.0873. The van der Waals surface area contributed by atoms with E-state index in [1.165, 1.54) is 12.8 Å². The highest BCUT2D eigenvalue weighted by molar-refractivity contribution is 4.59. The topological polar surface area (TPSA) is 9.23 Å². The molecule has 0 heterocycles. The van der Waals surface area contributed by atoms with Crippen LogP contribution in [0.3, 0.4) is 0 Å². The van der Waals surface area contributed by atoms with E-state index < -0.39 is 0 Å². The molecule has 0 amide bonds. The summed E-state index contributed by atoms with van der Waals surface area (Å²) < 4.78 is 5.25. The third kappa shape index (κ3) is 24.9. The number of hydrogen-bond acceptors (Lipinski definition) is 1. The smallest absolute Gasteiger partial charge is 0.0568 e. The van der Waals surface area contributed by atoms with Gasteiger partial charge in [0.05, 0.1) is 6.10 Å². The fourth-order valence-electron chi connectivity index (χ4n) is 1.78. The van der Waals surface area contributed by atoms with Crippen molar-refractivity contribution in [1.82, 2.24) is 0 Å². The first kappa shape index (κ1) is 29.9. The molecule has 0 aliphatic heterocycles. The lowest BCUT2D eigenvalue weighted by Crippen LogP contribution is -2.10. The quantitative estimate of drug-likeness (QED) is 0.464. The van der Waals surface area contributed by atoms with Crippen molar-refractivity contribution in [3.05, 3.63) is 0 Å². The van der Waals surface area contributed by atoms with E-state index in [1.54, 1.807) is 7.11 Å². The Morgan fingerprint density at radius 3 is 1.18 bits per heavy atom. The molecule has 0 bridgehead atoms. The van der Waals surface area contributed by atoms with Crippen molar-refractivity contribution in [3.63, 3.8) is 0 Å². The van der Waals surface area contributed by atoms with Gasteiger partial charge in [0.15, 0.2) is 0 Å². The fraction of sp³-hybridized carbons (Fsp3) is 1.00. The standard InChI is InChI=1S/C9H20O.C8H18.2C2H6/c1-5-9(10-4)7-6-8(2)3;1-6(2)8(5)7(3)4;2*1-2/h8-9H,5-7H2,1-4H3;6-8H,1-5H3;2*1-2H3. The molecule has 140 valence electrons. The minimum Gasteiger partial charge on any atom is -0.381 e. The molecule has 1 heteroatoms. The summed E-state index contributed by atoms with van der Waals surface area (Å²) in [6, 6.07) is 0. The van der Waals surface area contributed by atoms with Gasteiger partial charge in [-0.3, -0.25) is 0 Å². The Hall–Kier alpha value is -0.0400. The van der Waals surface area contributed by atoms with Crippen LogP contribution in [0.5, 0.6) is 0 Å². The van der Waals surface area contributed by atoms with Crippen molar-refractivity contribution in [1.29, 1.82) is 0 Å². The van der Waals surface area contributed by atoms with Gasteiger partial charge in [-0.05, 0) is 42.9 Å². The summed E-state index contributed by atoms with van der Waals surface area (Å²) in [6.45, 7) is 26.1. The molecule has 0 fully saturated rings. The van der Waals surface area contributed by atoms with E-state index in [2.05, 4.69) is 55.4 Å². The lowest BCUT2D eigenvalue weighted by atomic mass is 9.88. The van der Waals surface area contributed by atoms with E-state index in [-0.39, 0.29) is 0 Å². The normalized spacial score (nSPS) is 11.3. The number of rotatable bonds is 7. The van der Waals surface area contributed by atoms with Gasteiger partial charge in [0.2, 0.25) is 0 Å². The summed E-state index contributed by atoms with van der Waals surface area (Å²) in [6.07, 6.45) is 4.13. The third-order valence-corrected chi connectivity index (χ3v) is 3.96. The Morgan fingerprint density at radius 2 is 1.05 bits per heavy atom. The second-order valence-electron chi connectivity index (χ2n) is 6.58. The second kappa shape index (κ2) is 23.2. The average Bonchev–Trinajstić information content (AvgIpc) is 2.51. The third-order valence-electron chi connectivity index (χ3n) is 3.96. The SMILES string of the molecule is CC.CC.CC(C)C(C)C(C)C.CCC(CCC(C)C)OC. The molecule has 0 N–H and O–H groups in total. The predicted molar refractivity (Wildman–Crippen MR) is 107 cm³/mol. The summed E-state index contributed by atoms with van der Waals surface area (Å²) in [4.78, 5) is 0. The van der Waals surface area contributed by atoms with Gasteiger partial charge in [0.1, 0.15) is 0 Å². The molecule has 0 saturated carbocycles. The highest BCUT2D eigenvalue weighted by atomic mass is 16.5. The largest absolute Gasteiger partial charge is 0.381 e. The monoisotopic (exact) mass is 318 g/mol. The Kier molecular flexibility index (Phi) is 31.6. The van der Waals surface area contributed by atoms with Crippen LogP contribution >= 0.6 is 0 Å². The molecule has 0 aromatic carbocycles. The van der Waals surface area contributed by atoms with Crippen molar-refractivity contribution in [2.24, 2.45) is 23.7 Å². The molecule has 0 spiro atoms. The Bertz CT molecular complexity index is 149. The van der Waals surface area contributed by atoms with Gasteiger partial charge in [0.25, 0.3) is 0 Å². The molecule has 0 radical (unpaired) electrons. The molecule has 0 aromatic rings. The van der Waals surface area contributed by atoms with Gasteiger partial charge in [-0.15, -0.1) is 0 Å². The van der Waals surface area contributed by atoms with Gasteiger partial charge in [0, 0.05) is 7.11 Å². The lowest BCUT2D eigenvalue weighted by Gasteiger charge is -2.18. The van der Waals surface area contributed by atoms with Gasteiger partial charge in [-0.2, -0.15) is 0 Å². The molecule has 0 aliphatic rings. The first-order chi connectivity index (χ1) is 10.3. The Labute approximate surface area is 144 Å². The zero-order chi connectivity index (χ0) is 18.7. The maximum atomic E-state index is 5.25. The van der Waals surface area contributed by atoms with Gasteiger partial charge in [-0.1, -0.05) is 83.1 Å². The molecule has 0 aromatic heterocycles. The minimum atomic E-state index is 0.488. The van der Waals surface area contributed by atoms with E-state index in [9.17, 15) is 0 Å². The summed E-state index contributed by atoms with van der Waals surface area (Å²) in [5.74, 6) is 3.36. The molecule has 1 atom stereocenters. The molecule has 1 nitrogen and oxygen atoms in total. The number of ether oxygens (including phenoxy) is 1. The molecule has 0 aliphatic carbocycles. The molecule has 1 unspecified atom stereocenters. The van der Waals surface area contributed by atoms with Crippen molar-refractivity contribution in [2.45, 2.75) is 108 Å². The van der Waals surface area contributed by atoms with Crippen LogP contribution in [-0.2, 0) is 4.74 Å². The summed E-state index contributed by atoms with van der Waals surface area (Å²) in [5, 5.41) is 0. The van der Waals surface area contributed by atoms with E-state index >= 15 is 0 Å². The van der Waals surface area contributed by atoms with Crippen LogP contribution in [-0.4, -0.2) is 13.2 Å². The highest BCUT2D eigenvalue weighted by Gasteiger charge is 2.09. The van der Waals surface area contributed by atoms with Crippen LogP contribution in [0.1, 0.15) is 102 Å². The number of methoxy groups -OCH3 is 1. The fourth-order valence-corrected chi connectivity index (χ4v) is 1.78. The van der Waals surface area contributed by atoms with Crippen molar-refractivity contribution in [3.8, 4) is 0 Å². The first-order valence-corrected chi connectivity index (χ1v) is 9.78. The maximum absolute atomic E-state index is 5.25. The van der Waals surface area contributed by atoms with Crippen LogP contribution in [0.2, 0.25) is 0 Å². The van der Waals surface area contributed by atoms with E-state index in [4.69, 9.17) is 4.74 Å². The van der Waals surface area contributed by atoms with E-state index in [0.29, 0.717) is 6.10 Å². The molecule has 0 saturated heterocycles. The van der Waals surface area contributed by atoms with E-state index in [1.807, 2.05) is 27.7 Å². The second-order valence-corrected chi connectivity index (χ2v) is 6.58. The zero-order valence-electron chi connectivity index (χ0n) is 18.4. The first-order valence-electron chi connectivity index (χ1n) is 9.78. The average molecular weight is 319 g/mol. The van der Waals surface area contributed by atoms with Crippen LogP contribution in [0, 0.1) is 23.7 Å². The van der Waals surface area contributed by atoms with Crippen LogP contribution in [0.25, 0.3) is 0 Å². The van der Waals surface area contributed by atoms with E-state index in [0.717, 1.165) is 30.1 Å². The summed E-state index contributed by atoms with van der Waals surface area (Å²) in [7, 11) is 1.80. The van der Waals surface area contributed by atoms with Gasteiger partial charge in [-0.25, -0.2) is 0 Å². The predicted octanol–water partition coefficient (Wildman–Crippen LogP) is 7.83. The van der Waals surface area contributed by atoms with Crippen molar-refractivity contribution in [2.75, 3.05) is 7.11 Å². The highest BCUT2D eigenvalue weighted by Crippen LogP contribution is 2.18.